The number of likely N-dealkylation sites (tertiary alicyclic amines) is 1. The van der Waals surface area contributed by atoms with Gasteiger partial charge in [0, 0.05) is 42.3 Å². The summed E-state index contributed by atoms with van der Waals surface area (Å²) in [6, 6.07) is 11.4. The quantitative estimate of drug-likeness (QED) is 0.568. The largest absolute Gasteiger partial charge is 0.351 e. The van der Waals surface area contributed by atoms with E-state index in [1.165, 1.54) is 9.80 Å². The molecule has 0 spiro atoms. The molecule has 0 bridgehead atoms. The van der Waals surface area contributed by atoms with E-state index in [0.717, 1.165) is 37.7 Å². The SMILES string of the molecule is C#CN1CC[C@@H](F)[C@@H]1C(=O)N(c1ccc(C(C)(C)C)cc1)[C@@H](C(=O)NC1CCCCC1)c1cccnc1. The van der Waals surface area contributed by atoms with Crippen molar-refractivity contribution in [1.82, 2.24) is 15.2 Å². The van der Waals surface area contributed by atoms with E-state index in [1.54, 1.807) is 24.5 Å². The van der Waals surface area contributed by atoms with Crippen molar-refractivity contribution >= 4 is 17.5 Å². The van der Waals surface area contributed by atoms with Crippen molar-refractivity contribution in [2.45, 2.75) is 89.0 Å². The van der Waals surface area contributed by atoms with E-state index < -0.39 is 24.2 Å². The number of pyridine rings is 1. The van der Waals surface area contributed by atoms with Gasteiger partial charge in [0.05, 0.1) is 0 Å². The fourth-order valence-corrected chi connectivity index (χ4v) is 5.34. The molecule has 196 valence electrons. The van der Waals surface area contributed by atoms with Crippen molar-refractivity contribution in [3.8, 4) is 12.5 Å². The van der Waals surface area contributed by atoms with Crippen LogP contribution in [0.5, 0.6) is 0 Å². The molecule has 1 aliphatic heterocycles. The number of hydrogen-bond donors (Lipinski definition) is 1. The van der Waals surface area contributed by atoms with Crippen LogP contribution < -0.4 is 10.2 Å². The smallest absolute Gasteiger partial charge is 0.254 e. The maximum absolute atomic E-state index is 15.1. The lowest BCUT2D eigenvalue weighted by Gasteiger charge is -2.36. The number of alkyl halides is 1. The Hall–Kier alpha value is -3.40. The minimum absolute atomic E-state index is 0.0447. The highest BCUT2D eigenvalue weighted by molar-refractivity contribution is 6.04. The summed E-state index contributed by atoms with van der Waals surface area (Å²) in [5.74, 6) is -0.826. The number of benzene rings is 1. The van der Waals surface area contributed by atoms with Crippen molar-refractivity contribution in [1.29, 1.82) is 0 Å². The monoisotopic (exact) mass is 504 g/mol. The number of carbonyl (C=O) groups excluding carboxylic acids is 2. The number of hydrogen-bond acceptors (Lipinski definition) is 4. The van der Waals surface area contributed by atoms with Crippen LogP contribution in [0.4, 0.5) is 10.1 Å². The van der Waals surface area contributed by atoms with Crippen LogP contribution in [0.2, 0.25) is 0 Å². The van der Waals surface area contributed by atoms with E-state index >= 15 is 4.39 Å². The Morgan fingerprint density at radius 3 is 2.43 bits per heavy atom. The number of carbonyl (C=O) groups is 2. The van der Waals surface area contributed by atoms with E-state index in [4.69, 9.17) is 6.42 Å². The van der Waals surface area contributed by atoms with Gasteiger partial charge in [-0.3, -0.25) is 19.5 Å². The van der Waals surface area contributed by atoms with Gasteiger partial charge < -0.3 is 10.2 Å². The second-order valence-electron chi connectivity index (χ2n) is 11.1. The molecule has 1 saturated heterocycles. The summed E-state index contributed by atoms with van der Waals surface area (Å²) in [7, 11) is 0. The molecule has 7 heteroatoms. The van der Waals surface area contributed by atoms with Gasteiger partial charge in [-0.05, 0) is 48.4 Å². The van der Waals surface area contributed by atoms with Gasteiger partial charge in [-0.1, -0.05) is 64.7 Å². The first-order chi connectivity index (χ1) is 17.7. The van der Waals surface area contributed by atoms with Gasteiger partial charge in [-0.25, -0.2) is 4.39 Å². The third-order valence-electron chi connectivity index (χ3n) is 7.45. The average Bonchev–Trinajstić information content (AvgIpc) is 3.27. The molecule has 1 aliphatic carbocycles. The molecular formula is C30H37FN4O2. The summed E-state index contributed by atoms with van der Waals surface area (Å²) < 4.78 is 15.1. The molecule has 37 heavy (non-hydrogen) atoms. The van der Waals surface area contributed by atoms with Crippen molar-refractivity contribution in [3.05, 3.63) is 59.9 Å². The molecule has 1 N–H and O–H groups in total. The maximum atomic E-state index is 15.1. The maximum Gasteiger partial charge on any atom is 0.254 e. The topological polar surface area (TPSA) is 65.5 Å². The molecule has 6 nitrogen and oxygen atoms in total. The van der Waals surface area contributed by atoms with Crippen molar-refractivity contribution in [3.63, 3.8) is 0 Å². The van der Waals surface area contributed by atoms with Crippen molar-refractivity contribution in [2.24, 2.45) is 0 Å². The Kier molecular flexibility index (Phi) is 8.16. The first-order valence-corrected chi connectivity index (χ1v) is 13.2. The molecule has 1 saturated carbocycles. The second kappa shape index (κ2) is 11.3. The normalized spacial score (nSPS) is 21.2. The molecule has 0 radical (unpaired) electrons. The van der Waals surface area contributed by atoms with Crippen LogP contribution in [0, 0.1) is 12.5 Å². The van der Waals surface area contributed by atoms with Gasteiger partial charge in [0.2, 0.25) is 5.91 Å². The Bertz CT molecular complexity index is 1120. The molecule has 1 aromatic heterocycles. The van der Waals surface area contributed by atoms with Crippen LogP contribution in [0.15, 0.2) is 48.8 Å². The van der Waals surface area contributed by atoms with Gasteiger partial charge in [0.15, 0.2) is 0 Å². The molecule has 1 aromatic carbocycles. The number of amides is 2. The average molecular weight is 505 g/mol. The zero-order valence-corrected chi connectivity index (χ0v) is 22.0. The lowest BCUT2D eigenvalue weighted by atomic mass is 9.87. The van der Waals surface area contributed by atoms with E-state index in [1.807, 2.05) is 24.3 Å². The number of anilines is 1. The van der Waals surface area contributed by atoms with Crippen LogP contribution >= 0.6 is 0 Å². The molecule has 2 amide bonds. The lowest BCUT2D eigenvalue weighted by Crippen LogP contribution is -2.53. The van der Waals surface area contributed by atoms with Crippen LogP contribution in [-0.2, 0) is 15.0 Å². The van der Waals surface area contributed by atoms with Crippen molar-refractivity contribution in [2.75, 3.05) is 11.4 Å². The zero-order chi connectivity index (χ0) is 26.6. The third-order valence-corrected chi connectivity index (χ3v) is 7.45. The first-order valence-electron chi connectivity index (χ1n) is 13.2. The molecule has 4 rings (SSSR count). The first kappa shape index (κ1) is 26.7. The highest BCUT2D eigenvalue weighted by atomic mass is 19.1. The summed E-state index contributed by atoms with van der Waals surface area (Å²) in [6.07, 6.45) is 12.7. The van der Waals surface area contributed by atoms with Gasteiger partial charge in [-0.15, -0.1) is 0 Å². The fourth-order valence-electron chi connectivity index (χ4n) is 5.34. The summed E-state index contributed by atoms with van der Waals surface area (Å²) in [4.78, 5) is 35.1. The highest BCUT2D eigenvalue weighted by Gasteiger charge is 2.45. The third kappa shape index (κ3) is 5.95. The van der Waals surface area contributed by atoms with E-state index in [2.05, 4.69) is 37.1 Å². The number of aromatic nitrogens is 1. The number of nitrogens with one attached hydrogen (secondary N) is 1. The van der Waals surface area contributed by atoms with Crippen LogP contribution in [0.3, 0.4) is 0 Å². The van der Waals surface area contributed by atoms with E-state index in [-0.39, 0.29) is 30.3 Å². The Balaban J connectivity index is 1.80. The predicted octanol–water partition coefficient (Wildman–Crippen LogP) is 4.91. The summed E-state index contributed by atoms with van der Waals surface area (Å²) in [5, 5.41) is 3.18. The molecule has 2 aliphatic rings. The van der Waals surface area contributed by atoms with Crippen molar-refractivity contribution < 1.29 is 14.0 Å². The number of terminal acetylenes is 1. The summed E-state index contributed by atoms with van der Waals surface area (Å²) >= 11 is 0. The minimum atomic E-state index is -1.42. The Labute approximate surface area is 219 Å². The molecule has 0 unspecified atom stereocenters. The second-order valence-corrected chi connectivity index (χ2v) is 11.1. The van der Waals surface area contributed by atoms with Gasteiger partial charge in [0.1, 0.15) is 18.3 Å². The number of rotatable bonds is 6. The van der Waals surface area contributed by atoms with E-state index in [0.29, 0.717) is 11.3 Å². The van der Waals surface area contributed by atoms with Gasteiger partial charge >= 0.3 is 0 Å². The highest BCUT2D eigenvalue weighted by Crippen LogP contribution is 2.34. The molecule has 2 aromatic rings. The van der Waals surface area contributed by atoms with Crippen LogP contribution in [-0.4, -0.2) is 46.5 Å². The van der Waals surface area contributed by atoms with Crippen LogP contribution in [0.1, 0.15) is 76.5 Å². The minimum Gasteiger partial charge on any atom is -0.351 e. The van der Waals surface area contributed by atoms with E-state index in [9.17, 15) is 9.59 Å². The molecule has 2 fully saturated rings. The number of halogens is 1. The predicted molar refractivity (Wildman–Crippen MR) is 143 cm³/mol. The van der Waals surface area contributed by atoms with Crippen LogP contribution in [0.25, 0.3) is 0 Å². The zero-order valence-electron chi connectivity index (χ0n) is 22.0. The molecular weight excluding hydrogens is 467 g/mol. The van der Waals surface area contributed by atoms with Gasteiger partial charge in [-0.2, -0.15) is 0 Å². The standard InChI is InChI=1S/C30H37FN4O2/c1-5-34-19-17-25(31)27(34)29(37)35(24-15-13-22(14-16-24)30(2,3)4)26(21-10-9-18-32-20-21)28(36)33-23-11-7-6-8-12-23/h1,9-10,13-16,18,20,23,25-27H,6-8,11-12,17,19H2,2-4H3,(H,33,36)/t25-,26-,27-/m1/s1. The summed E-state index contributed by atoms with van der Waals surface area (Å²) in [6.45, 7) is 6.62. The molecule has 3 atom stereocenters. The lowest BCUT2D eigenvalue weighted by molar-refractivity contribution is -0.129. The molecule has 2 heterocycles. The fraction of sp³-hybridized carbons (Fsp3) is 0.500. The summed E-state index contributed by atoms with van der Waals surface area (Å²) in [5.41, 5.74) is 2.07. The number of nitrogens with zero attached hydrogens (tertiary/aromatic N) is 3. The Morgan fingerprint density at radius 2 is 1.84 bits per heavy atom. The Morgan fingerprint density at radius 1 is 1.14 bits per heavy atom. The van der Waals surface area contributed by atoms with Gasteiger partial charge in [0.25, 0.3) is 5.91 Å².